The Balaban J connectivity index is 1.30. The van der Waals surface area contributed by atoms with E-state index in [1.54, 1.807) is 22.1 Å². The van der Waals surface area contributed by atoms with E-state index in [0.29, 0.717) is 42.5 Å². The molecule has 2 amide bonds. The van der Waals surface area contributed by atoms with Crippen LogP contribution in [0.5, 0.6) is 11.5 Å². The minimum absolute atomic E-state index is 0.0529. The minimum Gasteiger partial charge on any atom is -0.467 e. The van der Waals surface area contributed by atoms with Crippen molar-refractivity contribution in [2.24, 2.45) is 0 Å². The Hall–Kier alpha value is -3.78. The van der Waals surface area contributed by atoms with Crippen LogP contribution < -0.4 is 9.47 Å². The number of hydrogen-bond acceptors (Lipinski definition) is 6. The second kappa shape index (κ2) is 14.2. The Kier molecular flexibility index (Phi) is 9.96. The Morgan fingerprint density at radius 3 is 2.49 bits per heavy atom. The molecule has 2 aliphatic rings. The fourth-order valence-electron chi connectivity index (χ4n) is 5.35. The molecule has 0 radical (unpaired) electrons. The maximum absolute atomic E-state index is 13.8. The summed E-state index contributed by atoms with van der Waals surface area (Å²) in [5.74, 6) is 1.70. The number of rotatable bonds is 14. The highest BCUT2D eigenvalue weighted by Gasteiger charge is 2.28. The standard InChI is InChI=1S/C33H40N2O6/c1-2-3-4-5-8-25-11-14-27(15-12-25)33(37)35(22-29-10-7-18-39-29)23-32(36)34(21-28-9-6-17-38-28)20-26-13-16-30-31(19-26)41-24-40-30/h6,9,11-17,19,29H,2-5,7-8,10,18,20-24H2,1H3. The molecule has 8 nitrogen and oxygen atoms in total. The van der Waals surface area contributed by atoms with Gasteiger partial charge < -0.3 is 28.4 Å². The monoisotopic (exact) mass is 560 g/mol. The molecule has 1 fully saturated rings. The van der Waals surface area contributed by atoms with E-state index >= 15 is 0 Å². The third-order valence-electron chi connectivity index (χ3n) is 7.67. The van der Waals surface area contributed by atoms with Gasteiger partial charge in [0.2, 0.25) is 12.7 Å². The summed E-state index contributed by atoms with van der Waals surface area (Å²) in [5.41, 5.74) is 2.72. The highest BCUT2D eigenvalue weighted by Crippen LogP contribution is 2.33. The summed E-state index contributed by atoms with van der Waals surface area (Å²) in [6.07, 6.45) is 9.19. The van der Waals surface area contributed by atoms with Crippen LogP contribution in [-0.2, 0) is 29.0 Å². The van der Waals surface area contributed by atoms with Crippen LogP contribution in [0.2, 0.25) is 0 Å². The number of hydrogen-bond donors (Lipinski definition) is 0. The lowest BCUT2D eigenvalue weighted by Crippen LogP contribution is -2.45. The molecular weight excluding hydrogens is 520 g/mol. The zero-order valence-electron chi connectivity index (χ0n) is 23.9. The summed E-state index contributed by atoms with van der Waals surface area (Å²) < 4.78 is 22.4. The predicted molar refractivity (Wildman–Crippen MR) is 155 cm³/mol. The molecule has 1 atom stereocenters. The summed E-state index contributed by atoms with van der Waals surface area (Å²) >= 11 is 0. The van der Waals surface area contributed by atoms with Crippen LogP contribution in [0, 0.1) is 0 Å². The Bertz CT molecular complexity index is 1270. The summed E-state index contributed by atoms with van der Waals surface area (Å²) in [6, 6.07) is 17.2. The third-order valence-corrected chi connectivity index (χ3v) is 7.67. The molecule has 5 rings (SSSR count). The van der Waals surface area contributed by atoms with E-state index < -0.39 is 0 Å². The minimum atomic E-state index is -0.169. The van der Waals surface area contributed by atoms with Crippen molar-refractivity contribution in [3.63, 3.8) is 0 Å². The Labute approximate surface area is 242 Å². The molecular formula is C33H40N2O6. The van der Waals surface area contributed by atoms with Crippen LogP contribution in [0.4, 0.5) is 0 Å². The average molecular weight is 561 g/mol. The van der Waals surface area contributed by atoms with Crippen LogP contribution in [0.3, 0.4) is 0 Å². The molecule has 1 aromatic heterocycles. The first-order chi connectivity index (χ1) is 20.1. The molecule has 8 heteroatoms. The topological polar surface area (TPSA) is 81.5 Å². The van der Waals surface area contributed by atoms with Crippen LogP contribution in [-0.4, -0.2) is 54.2 Å². The molecule has 0 saturated carbocycles. The van der Waals surface area contributed by atoms with Crippen molar-refractivity contribution in [1.82, 2.24) is 9.80 Å². The van der Waals surface area contributed by atoms with Gasteiger partial charge in [-0.05, 0) is 73.2 Å². The van der Waals surface area contributed by atoms with Gasteiger partial charge in [0.1, 0.15) is 12.3 Å². The number of ether oxygens (including phenoxy) is 3. The molecule has 41 heavy (non-hydrogen) atoms. The molecule has 1 saturated heterocycles. The summed E-state index contributed by atoms with van der Waals surface area (Å²) in [5, 5.41) is 0. The van der Waals surface area contributed by atoms with Crippen molar-refractivity contribution in [2.75, 3.05) is 26.5 Å². The van der Waals surface area contributed by atoms with Crippen LogP contribution in [0.25, 0.3) is 0 Å². The van der Waals surface area contributed by atoms with E-state index in [1.807, 2.05) is 48.5 Å². The van der Waals surface area contributed by atoms with Gasteiger partial charge >= 0.3 is 0 Å². The Morgan fingerprint density at radius 1 is 0.902 bits per heavy atom. The smallest absolute Gasteiger partial charge is 0.254 e. The lowest BCUT2D eigenvalue weighted by molar-refractivity contribution is -0.133. The lowest BCUT2D eigenvalue weighted by atomic mass is 10.0. The average Bonchev–Trinajstić information content (AvgIpc) is 3.78. The second-order valence-corrected chi connectivity index (χ2v) is 10.8. The van der Waals surface area contributed by atoms with Crippen molar-refractivity contribution >= 4 is 11.8 Å². The molecule has 2 aromatic carbocycles. The summed E-state index contributed by atoms with van der Waals surface area (Å²) in [7, 11) is 0. The first-order valence-electron chi connectivity index (χ1n) is 14.8. The van der Waals surface area contributed by atoms with E-state index in [2.05, 4.69) is 6.92 Å². The van der Waals surface area contributed by atoms with Crippen LogP contribution in [0.1, 0.15) is 72.7 Å². The molecule has 3 aromatic rings. The first kappa shape index (κ1) is 28.7. The molecule has 218 valence electrons. The van der Waals surface area contributed by atoms with E-state index in [-0.39, 0.29) is 37.8 Å². The number of aryl methyl sites for hydroxylation is 1. The molecule has 0 bridgehead atoms. The molecule has 0 N–H and O–H groups in total. The highest BCUT2D eigenvalue weighted by molar-refractivity contribution is 5.96. The van der Waals surface area contributed by atoms with Gasteiger partial charge in [0.05, 0.1) is 18.9 Å². The molecule has 2 aliphatic heterocycles. The van der Waals surface area contributed by atoms with Gasteiger partial charge in [-0.3, -0.25) is 9.59 Å². The molecule has 0 spiro atoms. The van der Waals surface area contributed by atoms with Gasteiger partial charge in [0, 0.05) is 25.3 Å². The van der Waals surface area contributed by atoms with Crippen molar-refractivity contribution in [1.29, 1.82) is 0 Å². The molecule has 3 heterocycles. The number of nitrogens with zero attached hydrogens (tertiary/aromatic N) is 2. The third kappa shape index (κ3) is 7.91. The molecule has 1 unspecified atom stereocenters. The Morgan fingerprint density at radius 2 is 1.73 bits per heavy atom. The van der Waals surface area contributed by atoms with Gasteiger partial charge in [-0.15, -0.1) is 0 Å². The lowest BCUT2D eigenvalue weighted by Gasteiger charge is -2.29. The van der Waals surface area contributed by atoms with E-state index in [1.165, 1.54) is 24.8 Å². The zero-order valence-corrected chi connectivity index (χ0v) is 23.9. The number of carbonyl (C=O) groups excluding carboxylic acids is 2. The predicted octanol–water partition coefficient (Wildman–Crippen LogP) is 5.98. The van der Waals surface area contributed by atoms with E-state index in [9.17, 15) is 9.59 Å². The van der Waals surface area contributed by atoms with Crippen molar-refractivity contribution in [3.05, 3.63) is 83.3 Å². The normalized spacial score (nSPS) is 15.7. The quantitative estimate of drug-likeness (QED) is 0.226. The van der Waals surface area contributed by atoms with Crippen LogP contribution in [0.15, 0.2) is 65.3 Å². The number of furan rings is 1. The van der Waals surface area contributed by atoms with Crippen molar-refractivity contribution < 1.29 is 28.2 Å². The van der Waals surface area contributed by atoms with Crippen LogP contribution >= 0.6 is 0 Å². The van der Waals surface area contributed by atoms with Gasteiger partial charge in [-0.25, -0.2) is 0 Å². The van der Waals surface area contributed by atoms with E-state index in [0.717, 1.165) is 31.2 Å². The number of unbranched alkanes of at least 4 members (excludes halogenated alkanes) is 3. The number of carbonyl (C=O) groups is 2. The molecule has 0 aliphatic carbocycles. The van der Waals surface area contributed by atoms with Crippen molar-refractivity contribution in [2.45, 2.75) is 71.1 Å². The first-order valence-corrected chi connectivity index (χ1v) is 14.8. The van der Waals surface area contributed by atoms with Gasteiger partial charge in [0.25, 0.3) is 5.91 Å². The number of amides is 2. The fourth-order valence-corrected chi connectivity index (χ4v) is 5.35. The van der Waals surface area contributed by atoms with Gasteiger partial charge in [-0.2, -0.15) is 0 Å². The highest BCUT2D eigenvalue weighted by atomic mass is 16.7. The largest absolute Gasteiger partial charge is 0.467 e. The van der Waals surface area contributed by atoms with Gasteiger partial charge in [-0.1, -0.05) is 44.4 Å². The van der Waals surface area contributed by atoms with Crippen molar-refractivity contribution in [3.8, 4) is 11.5 Å². The summed E-state index contributed by atoms with van der Waals surface area (Å²) in [6.45, 7) is 4.03. The number of fused-ring (bicyclic) bond motifs is 1. The zero-order chi connectivity index (χ0) is 28.4. The maximum Gasteiger partial charge on any atom is 0.254 e. The second-order valence-electron chi connectivity index (χ2n) is 10.8. The number of benzene rings is 2. The van der Waals surface area contributed by atoms with Gasteiger partial charge in [0.15, 0.2) is 11.5 Å². The maximum atomic E-state index is 13.8. The summed E-state index contributed by atoms with van der Waals surface area (Å²) in [4.78, 5) is 31.0. The SMILES string of the molecule is CCCCCCc1ccc(C(=O)N(CC(=O)N(Cc2ccc3c(c2)OCO3)Cc2ccco2)CC2CCCO2)cc1. The van der Waals surface area contributed by atoms with E-state index in [4.69, 9.17) is 18.6 Å². The fraction of sp³-hybridized carbons (Fsp3) is 0.455.